The molecule has 0 unspecified atom stereocenters. The molecule has 0 bridgehead atoms. The molecule has 0 aliphatic rings. The molecule has 5 aromatic rings. The van der Waals surface area contributed by atoms with E-state index in [0.717, 1.165) is 6.20 Å². The molecule has 2 aromatic heterocycles. The van der Waals surface area contributed by atoms with E-state index in [-0.39, 0.29) is 40.5 Å². The number of hydrogen-bond donors (Lipinski definition) is 1. The van der Waals surface area contributed by atoms with Gasteiger partial charge < -0.3 is 14.0 Å². The predicted octanol–water partition coefficient (Wildman–Crippen LogP) is 4.69. The van der Waals surface area contributed by atoms with Crippen LogP contribution in [0.15, 0.2) is 82.8 Å². The number of amides is 1. The Bertz CT molecular complexity index is 1710. The third-order valence-corrected chi connectivity index (χ3v) is 5.84. The molecular weight excluding hydrogens is 513 g/mol. The van der Waals surface area contributed by atoms with E-state index < -0.39 is 5.82 Å². The van der Waals surface area contributed by atoms with E-state index in [1.54, 1.807) is 53.1 Å². The van der Waals surface area contributed by atoms with Gasteiger partial charge in [0.05, 0.1) is 30.6 Å². The maximum atomic E-state index is 13.9. The lowest BCUT2D eigenvalue weighted by Gasteiger charge is -2.14. The molecule has 9 nitrogen and oxygen atoms in total. The van der Waals surface area contributed by atoms with Crippen LogP contribution in [0, 0.1) is 5.82 Å². The first-order chi connectivity index (χ1) is 18.4. The lowest BCUT2D eigenvalue weighted by molar-refractivity contribution is -0.121. The number of halogens is 2. The third kappa shape index (κ3) is 5.02. The van der Waals surface area contributed by atoms with Crippen molar-refractivity contribution in [2.24, 2.45) is 5.10 Å². The number of para-hydroxylation sites is 2. The molecule has 0 fully saturated rings. The molecule has 0 saturated carbocycles. The predicted molar refractivity (Wildman–Crippen MR) is 142 cm³/mol. The Labute approximate surface area is 220 Å². The van der Waals surface area contributed by atoms with E-state index in [1.165, 1.54) is 19.4 Å². The number of carbonyl (C=O) groups is 1. The Hall–Kier alpha value is -4.83. The second-order valence-electron chi connectivity index (χ2n) is 8.05. The molecule has 11 heteroatoms. The first kappa shape index (κ1) is 24.8. The Morgan fingerprint density at radius 3 is 2.45 bits per heavy atom. The lowest BCUT2D eigenvalue weighted by atomic mass is 10.1. The Morgan fingerprint density at radius 2 is 1.76 bits per heavy atom. The summed E-state index contributed by atoms with van der Waals surface area (Å²) in [7, 11) is 1.42. The van der Waals surface area contributed by atoms with E-state index in [4.69, 9.17) is 21.1 Å². The molecule has 190 valence electrons. The van der Waals surface area contributed by atoms with Gasteiger partial charge in [-0.1, -0.05) is 24.3 Å². The fraction of sp³-hybridized carbons (Fsp3) is 0.0741. The summed E-state index contributed by atoms with van der Waals surface area (Å²) in [6.45, 7) is -0.0538. The Kier molecular flexibility index (Phi) is 6.96. The number of hydrazone groups is 1. The first-order valence-electron chi connectivity index (χ1n) is 11.3. The molecule has 0 aliphatic carbocycles. The van der Waals surface area contributed by atoms with Gasteiger partial charge in [0.25, 0.3) is 11.8 Å². The topological polar surface area (TPSA) is 108 Å². The van der Waals surface area contributed by atoms with Crippen LogP contribution in [-0.4, -0.2) is 33.8 Å². The second kappa shape index (κ2) is 10.7. The van der Waals surface area contributed by atoms with Gasteiger partial charge in [0.15, 0.2) is 16.9 Å². The van der Waals surface area contributed by atoms with Crippen molar-refractivity contribution in [3.05, 3.63) is 99.8 Å². The number of aromatic nitrogens is 3. The maximum Gasteiger partial charge on any atom is 0.260 e. The smallest absolute Gasteiger partial charge is 0.260 e. The number of rotatable bonds is 7. The molecule has 0 atom stereocenters. The Morgan fingerprint density at radius 1 is 1.08 bits per heavy atom. The van der Waals surface area contributed by atoms with Crippen molar-refractivity contribution in [3.8, 4) is 17.4 Å². The van der Waals surface area contributed by atoms with Crippen molar-refractivity contribution in [1.29, 1.82) is 0 Å². The van der Waals surface area contributed by atoms with Gasteiger partial charge in [0.1, 0.15) is 6.54 Å². The van der Waals surface area contributed by atoms with E-state index in [2.05, 4.69) is 20.5 Å². The molecule has 0 spiro atoms. The number of carbonyl (C=O) groups excluding carboxylic acids is 1. The average molecular weight is 532 g/mol. The number of nitrogens with zero attached hydrogens (tertiary/aromatic N) is 4. The number of nitrogens with one attached hydrogen (secondary N) is 1. The highest BCUT2D eigenvalue weighted by Gasteiger charge is 2.14. The second-order valence-corrected chi connectivity index (χ2v) is 8.39. The van der Waals surface area contributed by atoms with Crippen LogP contribution in [0.2, 0.25) is 5.28 Å². The minimum Gasteiger partial charge on any atom is -0.493 e. The average Bonchev–Trinajstić information content (AvgIpc) is 2.93. The first-order valence-corrected chi connectivity index (χ1v) is 11.7. The highest BCUT2D eigenvalue weighted by atomic mass is 35.5. The van der Waals surface area contributed by atoms with Gasteiger partial charge in [-0.3, -0.25) is 9.59 Å². The fourth-order valence-corrected chi connectivity index (χ4v) is 4.09. The van der Waals surface area contributed by atoms with E-state index in [1.807, 2.05) is 12.1 Å². The molecule has 0 aliphatic heterocycles. The van der Waals surface area contributed by atoms with Crippen molar-refractivity contribution >= 4 is 45.5 Å². The van der Waals surface area contributed by atoms with Gasteiger partial charge >= 0.3 is 0 Å². The van der Waals surface area contributed by atoms with Gasteiger partial charge in [0, 0.05) is 10.8 Å². The fourth-order valence-electron chi connectivity index (χ4n) is 3.96. The Balaban J connectivity index is 1.34. The number of hydrogen-bond acceptors (Lipinski definition) is 7. The molecule has 38 heavy (non-hydrogen) atoms. The van der Waals surface area contributed by atoms with Crippen LogP contribution in [0.5, 0.6) is 17.4 Å². The number of methoxy groups -OCH3 is 1. The van der Waals surface area contributed by atoms with Crippen LogP contribution in [0.25, 0.3) is 21.8 Å². The summed E-state index contributed by atoms with van der Waals surface area (Å²) in [5, 5.41) is 4.93. The van der Waals surface area contributed by atoms with Crippen molar-refractivity contribution in [3.63, 3.8) is 0 Å². The van der Waals surface area contributed by atoms with Gasteiger partial charge in [-0.05, 0) is 59.6 Å². The molecule has 0 saturated heterocycles. The van der Waals surface area contributed by atoms with Gasteiger partial charge in [-0.2, -0.15) is 14.5 Å². The van der Waals surface area contributed by atoms with Crippen LogP contribution in [0.3, 0.4) is 0 Å². The van der Waals surface area contributed by atoms with Gasteiger partial charge in [-0.15, -0.1) is 0 Å². The highest BCUT2D eigenvalue weighted by Crippen LogP contribution is 2.32. The lowest BCUT2D eigenvalue weighted by Crippen LogP contribution is -2.25. The van der Waals surface area contributed by atoms with Crippen LogP contribution in [0.1, 0.15) is 5.56 Å². The summed E-state index contributed by atoms with van der Waals surface area (Å²) in [5.41, 5.74) is 4.30. The summed E-state index contributed by atoms with van der Waals surface area (Å²) in [6, 6.07) is 19.1. The van der Waals surface area contributed by atoms with E-state index in [9.17, 15) is 14.0 Å². The van der Waals surface area contributed by atoms with Gasteiger partial charge in [0.2, 0.25) is 11.1 Å². The molecule has 5 rings (SSSR count). The summed E-state index contributed by atoms with van der Waals surface area (Å²) in [5.74, 6) is -1.05. The quantitative estimate of drug-likeness (QED) is 0.141. The summed E-state index contributed by atoms with van der Waals surface area (Å²) >= 11 is 5.71. The minimum atomic E-state index is -0.784. The maximum absolute atomic E-state index is 13.9. The summed E-state index contributed by atoms with van der Waals surface area (Å²) < 4.78 is 26.5. The van der Waals surface area contributed by atoms with Crippen LogP contribution in [0.4, 0.5) is 4.39 Å². The minimum absolute atomic E-state index is 0.0538. The molecule has 1 N–H and O–H groups in total. The summed E-state index contributed by atoms with van der Waals surface area (Å²) in [4.78, 5) is 32.9. The molecule has 3 aromatic carbocycles. The van der Waals surface area contributed by atoms with E-state index in [0.29, 0.717) is 27.4 Å². The third-order valence-electron chi connectivity index (χ3n) is 5.66. The van der Waals surface area contributed by atoms with E-state index >= 15 is 0 Å². The number of benzene rings is 3. The van der Waals surface area contributed by atoms with Gasteiger partial charge in [-0.25, -0.2) is 10.4 Å². The standard InChI is InChI=1S/C27H19ClFN5O4/c1-37-23-12-16(10-11-22(23)38-26-19(29)14-30-27(28)32-26)13-31-33-24(35)15-34-20-8-4-2-6-17(20)25(36)18-7-3-5-9-21(18)34/h2-14H,15H2,1H3,(H,33,35)/b31-13+. The van der Waals surface area contributed by atoms with Crippen LogP contribution < -0.4 is 20.3 Å². The highest BCUT2D eigenvalue weighted by molar-refractivity contribution is 6.28. The zero-order chi connectivity index (χ0) is 26.6. The van der Waals surface area contributed by atoms with Crippen molar-refractivity contribution in [2.45, 2.75) is 6.54 Å². The largest absolute Gasteiger partial charge is 0.493 e. The van der Waals surface area contributed by atoms with Crippen molar-refractivity contribution < 1.29 is 18.7 Å². The molecule has 0 radical (unpaired) electrons. The molecular formula is C27H19ClFN5O4. The molecule has 1 amide bonds. The number of fused-ring (bicyclic) bond motifs is 2. The molecule has 2 heterocycles. The normalized spacial score (nSPS) is 11.2. The van der Waals surface area contributed by atoms with Crippen molar-refractivity contribution in [1.82, 2.24) is 20.0 Å². The van der Waals surface area contributed by atoms with Crippen LogP contribution >= 0.6 is 11.6 Å². The summed E-state index contributed by atoms with van der Waals surface area (Å²) in [6.07, 6.45) is 2.33. The zero-order valence-corrected chi connectivity index (χ0v) is 20.6. The van der Waals surface area contributed by atoms with Crippen LogP contribution in [-0.2, 0) is 11.3 Å². The van der Waals surface area contributed by atoms with Crippen molar-refractivity contribution in [2.75, 3.05) is 7.11 Å². The number of pyridine rings is 1. The zero-order valence-electron chi connectivity index (χ0n) is 19.9. The SMILES string of the molecule is COc1cc(/C=N/NC(=O)Cn2c3ccccc3c(=O)c3ccccc32)ccc1Oc1nc(Cl)ncc1F. The monoisotopic (exact) mass is 531 g/mol. The number of ether oxygens (including phenoxy) is 2.